The SMILES string of the molecule is COc1ccccc1C1CNCCN1C(=O)CCS(=O)(=O)CC(C)C.Cl. The molecule has 0 saturated carbocycles. The monoisotopic (exact) mass is 404 g/mol. The maximum Gasteiger partial charge on any atom is 0.224 e. The number of amides is 1. The molecule has 1 aliphatic rings. The van der Waals surface area contributed by atoms with Crippen molar-refractivity contribution in [2.24, 2.45) is 5.92 Å². The second-order valence-electron chi connectivity index (χ2n) is 6.81. The molecule has 1 atom stereocenters. The summed E-state index contributed by atoms with van der Waals surface area (Å²) >= 11 is 0. The summed E-state index contributed by atoms with van der Waals surface area (Å²) in [5.41, 5.74) is 0.940. The number of nitrogens with one attached hydrogen (secondary N) is 1. The highest BCUT2D eigenvalue weighted by molar-refractivity contribution is 7.91. The van der Waals surface area contributed by atoms with Crippen molar-refractivity contribution in [1.29, 1.82) is 0 Å². The molecule has 0 spiro atoms. The van der Waals surface area contributed by atoms with Gasteiger partial charge in [-0.1, -0.05) is 32.0 Å². The number of carbonyl (C=O) groups is 1. The summed E-state index contributed by atoms with van der Waals surface area (Å²) in [6.45, 7) is 5.63. The van der Waals surface area contributed by atoms with E-state index in [1.807, 2.05) is 38.1 Å². The van der Waals surface area contributed by atoms with Gasteiger partial charge in [-0.3, -0.25) is 4.79 Å². The third kappa shape index (κ3) is 6.14. The average Bonchev–Trinajstić information content (AvgIpc) is 2.58. The number of rotatable bonds is 7. The highest BCUT2D eigenvalue weighted by atomic mass is 35.5. The van der Waals surface area contributed by atoms with Crippen LogP contribution >= 0.6 is 12.4 Å². The van der Waals surface area contributed by atoms with Crippen LogP contribution in [0.15, 0.2) is 24.3 Å². The van der Waals surface area contributed by atoms with Crippen molar-refractivity contribution < 1.29 is 17.9 Å². The van der Waals surface area contributed by atoms with E-state index in [0.29, 0.717) is 19.6 Å². The van der Waals surface area contributed by atoms with E-state index in [4.69, 9.17) is 4.74 Å². The minimum atomic E-state index is -3.20. The van der Waals surface area contributed by atoms with Crippen LogP contribution in [0.3, 0.4) is 0 Å². The van der Waals surface area contributed by atoms with E-state index in [0.717, 1.165) is 11.3 Å². The molecule has 1 aromatic carbocycles. The number of hydrogen-bond acceptors (Lipinski definition) is 5. The van der Waals surface area contributed by atoms with Gasteiger partial charge >= 0.3 is 0 Å². The Bertz CT molecular complexity index is 694. The van der Waals surface area contributed by atoms with Gasteiger partial charge < -0.3 is 15.0 Å². The second-order valence-corrected chi connectivity index (χ2v) is 9.04. The number of halogens is 1. The van der Waals surface area contributed by atoms with Crippen LogP contribution in [-0.2, 0) is 14.6 Å². The number of piperazine rings is 1. The van der Waals surface area contributed by atoms with Crippen LogP contribution in [0.2, 0.25) is 0 Å². The number of benzene rings is 1. The summed E-state index contributed by atoms with van der Waals surface area (Å²) in [6, 6.07) is 7.49. The number of sulfone groups is 1. The zero-order valence-electron chi connectivity index (χ0n) is 15.6. The van der Waals surface area contributed by atoms with Gasteiger partial charge in [0.05, 0.1) is 24.7 Å². The summed E-state index contributed by atoms with van der Waals surface area (Å²) in [6.07, 6.45) is 0.0285. The molecular weight excluding hydrogens is 376 g/mol. The predicted octanol–water partition coefficient (Wildman–Crippen LogP) is 2.05. The number of nitrogens with zero attached hydrogens (tertiary/aromatic N) is 1. The number of hydrogen-bond donors (Lipinski definition) is 1. The zero-order valence-corrected chi connectivity index (χ0v) is 17.2. The van der Waals surface area contributed by atoms with Crippen molar-refractivity contribution in [1.82, 2.24) is 10.2 Å². The largest absolute Gasteiger partial charge is 0.496 e. The van der Waals surface area contributed by atoms with E-state index < -0.39 is 9.84 Å². The van der Waals surface area contributed by atoms with E-state index in [-0.39, 0.29) is 48.2 Å². The van der Waals surface area contributed by atoms with E-state index in [2.05, 4.69) is 5.32 Å². The smallest absolute Gasteiger partial charge is 0.224 e. The maximum atomic E-state index is 12.7. The lowest BCUT2D eigenvalue weighted by Gasteiger charge is -2.37. The predicted molar refractivity (Wildman–Crippen MR) is 106 cm³/mol. The van der Waals surface area contributed by atoms with Crippen LogP contribution in [-0.4, -0.2) is 57.5 Å². The molecule has 148 valence electrons. The first-order valence-corrected chi connectivity index (χ1v) is 10.5. The molecular formula is C18H29ClN2O4S. The van der Waals surface area contributed by atoms with Crippen molar-refractivity contribution in [3.8, 4) is 5.75 Å². The molecule has 1 amide bonds. The first kappa shape index (κ1) is 22.7. The Hall–Kier alpha value is -1.31. The van der Waals surface area contributed by atoms with E-state index >= 15 is 0 Å². The summed E-state index contributed by atoms with van der Waals surface area (Å²) < 4.78 is 29.6. The number of carbonyl (C=O) groups excluding carboxylic acids is 1. The van der Waals surface area contributed by atoms with Crippen LogP contribution < -0.4 is 10.1 Å². The van der Waals surface area contributed by atoms with Gasteiger partial charge in [0.25, 0.3) is 0 Å². The summed E-state index contributed by atoms with van der Waals surface area (Å²) in [5.74, 6) is 0.719. The topological polar surface area (TPSA) is 75.7 Å². The molecule has 8 heteroatoms. The molecule has 6 nitrogen and oxygen atoms in total. The Balaban J connectivity index is 0.00000338. The second kappa shape index (κ2) is 10.1. The standard InChI is InChI=1S/C18H28N2O4S.ClH/c1-14(2)13-25(22,23)11-8-18(21)20-10-9-19-12-16(20)15-6-4-5-7-17(15)24-3;/h4-7,14,16,19H,8-13H2,1-3H3;1H. The van der Waals surface area contributed by atoms with E-state index in [1.165, 1.54) is 0 Å². The molecule has 1 heterocycles. The lowest BCUT2D eigenvalue weighted by Crippen LogP contribution is -2.49. The van der Waals surface area contributed by atoms with Crippen LogP contribution in [0.4, 0.5) is 0 Å². The van der Waals surface area contributed by atoms with Crippen LogP contribution in [0.1, 0.15) is 31.9 Å². The van der Waals surface area contributed by atoms with Gasteiger partial charge in [0.1, 0.15) is 5.75 Å². The van der Waals surface area contributed by atoms with Gasteiger partial charge in [-0.15, -0.1) is 12.4 Å². The lowest BCUT2D eigenvalue weighted by molar-refractivity contribution is -0.134. The number of para-hydroxylation sites is 1. The van der Waals surface area contributed by atoms with Crippen LogP contribution in [0, 0.1) is 5.92 Å². The van der Waals surface area contributed by atoms with Crippen LogP contribution in [0.25, 0.3) is 0 Å². The number of ether oxygens (including phenoxy) is 1. The minimum Gasteiger partial charge on any atom is -0.496 e. The molecule has 26 heavy (non-hydrogen) atoms. The minimum absolute atomic E-state index is 0. The molecule has 1 N–H and O–H groups in total. The van der Waals surface area contributed by atoms with Crippen molar-refractivity contribution in [3.63, 3.8) is 0 Å². The summed E-state index contributed by atoms with van der Waals surface area (Å²) in [4.78, 5) is 14.5. The molecule has 1 unspecified atom stereocenters. The van der Waals surface area contributed by atoms with Gasteiger partial charge in [-0.25, -0.2) is 8.42 Å². The molecule has 0 bridgehead atoms. The Morgan fingerprint density at radius 1 is 1.35 bits per heavy atom. The first-order chi connectivity index (χ1) is 11.8. The molecule has 1 fully saturated rings. The number of methoxy groups -OCH3 is 1. The Labute approximate surface area is 162 Å². The lowest BCUT2D eigenvalue weighted by atomic mass is 10.0. The Morgan fingerprint density at radius 2 is 2.04 bits per heavy atom. The highest BCUT2D eigenvalue weighted by Gasteiger charge is 2.30. The van der Waals surface area contributed by atoms with Gasteiger partial charge in [0.15, 0.2) is 9.84 Å². The van der Waals surface area contributed by atoms with Crippen molar-refractivity contribution in [3.05, 3.63) is 29.8 Å². The molecule has 1 aromatic rings. The quantitative estimate of drug-likeness (QED) is 0.752. The summed E-state index contributed by atoms with van der Waals surface area (Å²) in [5, 5.41) is 3.30. The summed E-state index contributed by atoms with van der Waals surface area (Å²) in [7, 11) is -1.59. The fourth-order valence-corrected chi connectivity index (χ4v) is 4.87. The molecule has 0 radical (unpaired) electrons. The van der Waals surface area contributed by atoms with E-state index in [1.54, 1.807) is 12.0 Å². The normalized spacial score (nSPS) is 17.7. The van der Waals surface area contributed by atoms with Crippen molar-refractivity contribution in [2.45, 2.75) is 26.3 Å². The van der Waals surface area contributed by atoms with Gasteiger partial charge in [-0.05, 0) is 12.0 Å². The fourth-order valence-electron chi connectivity index (χ4n) is 3.20. The van der Waals surface area contributed by atoms with Gasteiger partial charge in [0, 0.05) is 31.6 Å². The van der Waals surface area contributed by atoms with E-state index in [9.17, 15) is 13.2 Å². The molecule has 1 saturated heterocycles. The highest BCUT2D eigenvalue weighted by Crippen LogP contribution is 2.30. The molecule has 2 rings (SSSR count). The van der Waals surface area contributed by atoms with Gasteiger partial charge in [0.2, 0.25) is 5.91 Å². The Kier molecular flexibility index (Phi) is 8.86. The van der Waals surface area contributed by atoms with Gasteiger partial charge in [-0.2, -0.15) is 0 Å². The average molecular weight is 405 g/mol. The maximum absolute atomic E-state index is 12.7. The molecule has 1 aliphatic heterocycles. The van der Waals surface area contributed by atoms with Crippen LogP contribution in [0.5, 0.6) is 5.75 Å². The van der Waals surface area contributed by atoms with Crippen molar-refractivity contribution >= 4 is 28.2 Å². The first-order valence-electron chi connectivity index (χ1n) is 8.67. The van der Waals surface area contributed by atoms with Crippen molar-refractivity contribution in [2.75, 3.05) is 38.2 Å². The Morgan fingerprint density at radius 3 is 2.69 bits per heavy atom. The molecule has 0 aromatic heterocycles. The third-order valence-electron chi connectivity index (χ3n) is 4.28. The third-order valence-corrected chi connectivity index (χ3v) is 6.28. The fraction of sp³-hybridized carbons (Fsp3) is 0.611. The molecule has 0 aliphatic carbocycles. The zero-order chi connectivity index (χ0) is 18.4.